The molecule has 3 aromatic rings. The summed E-state index contributed by atoms with van der Waals surface area (Å²) in [5.74, 6) is 1.35. The van der Waals surface area contributed by atoms with E-state index in [9.17, 15) is 8.42 Å². The molecule has 0 fully saturated rings. The number of ether oxygens (including phenoxy) is 1. The highest BCUT2D eigenvalue weighted by atomic mass is 32.2. The predicted molar refractivity (Wildman–Crippen MR) is 101 cm³/mol. The van der Waals surface area contributed by atoms with E-state index in [2.05, 4.69) is 9.88 Å². The van der Waals surface area contributed by atoms with Crippen molar-refractivity contribution < 1.29 is 17.7 Å². The highest BCUT2D eigenvalue weighted by molar-refractivity contribution is 7.89. The molecule has 1 N–H and O–H groups in total. The Morgan fingerprint density at radius 2 is 1.88 bits per heavy atom. The van der Waals surface area contributed by atoms with E-state index in [-0.39, 0.29) is 11.4 Å². The maximum atomic E-state index is 12.7. The first kappa shape index (κ1) is 18.6. The summed E-state index contributed by atoms with van der Waals surface area (Å²) in [7, 11) is -2.04. The molecule has 26 heavy (non-hydrogen) atoms. The molecule has 0 radical (unpaired) electrons. The molecule has 6 nitrogen and oxygen atoms in total. The van der Waals surface area contributed by atoms with Crippen LogP contribution in [0.25, 0.3) is 10.6 Å². The van der Waals surface area contributed by atoms with Gasteiger partial charge in [0.05, 0.1) is 22.6 Å². The van der Waals surface area contributed by atoms with Crippen LogP contribution in [0.3, 0.4) is 0 Å². The number of methoxy groups -OCH3 is 1. The van der Waals surface area contributed by atoms with E-state index < -0.39 is 10.0 Å². The summed E-state index contributed by atoms with van der Waals surface area (Å²) in [5.41, 5.74) is 2.57. The number of aromatic nitrogens is 1. The lowest BCUT2D eigenvalue weighted by atomic mass is 10.2. The molecule has 8 heteroatoms. The second-order valence-electron chi connectivity index (χ2n) is 5.93. The van der Waals surface area contributed by atoms with E-state index in [4.69, 9.17) is 9.26 Å². The van der Waals surface area contributed by atoms with Crippen LogP contribution in [-0.4, -0.2) is 20.7 Å². The number of sulfonamides is 1. The molecule has 2 aromatic heterocycles. The van der Waals surface area contributed by atoms with E-state index in [1.807, 2.05) is 26.0 Å². The molecule has 1 aromatic carbocycles. The zero-order chi connectivity index (χ0) is 18.9. The van der Waals surface area contributed by atoms with E-state index in [1.165, 1.54) is 11.3 Å². The summed E-state index contributed by atoms with van der Waals surface area (Å²) in [6.45, 7) is 5.76. The van der Waals surface area contributed by atoms with Gasteiger partial charge < -0.3 is 9.26 Å². The molecule has 3 rings (SSSR count). The van der Waals surface area contributed by atoms with Gasteiger partial charge in [-0.2, -0.15) is 0 Å². The van der Waals surface area contributed by atoms with Gasteiger partial charge in [0.15, 0.2) is 5.76 Å². The SMILES string of the molecule is COc1ccc(CNS(=O)(=O)c2cc(-c3onc(C)c3C)sc2C)cc1. The number of aryl methyl sites for hydroxylation is 2. The molecule has 0 atom stereocenters. The maximum Gasteiger partial charge on any atom is 0.241 e. The lowest BCUT2D eigenvalue weighted by molar-refractivity contribution is 0.414. The van der Waals surface area contributed by atoms with Crippen LogP contribution >= 0.6 is 11.3 Å². The Hall–Kier alpha value is -2.16. The Morgan fingerprint density at radius 3 is 2.46 bits per heavy atom. The minimum absolute atomic E-state index is 0.206. The Morgan fingerprint density at radius 1 is 1.19 bits per heavy atom. The van der Waals surface area contributed by atoms with E-state index in [0.29, 0.717) is 10.6 Å². The number of nitrogens with one attached hydrogen (secondary N) is 1. The highest BCUT2D eigenvalue weighted by Crippen LogP contribution is 2.35. The first-order valence-electron chi connectivity index (χ1n) is 7.98. The average molecular weight is 393 g/mol. The molecular weight excluding hydrogens is 372 g/mol. The van der Waals surface area contributed by atoms with Crippen molar-refractivity contribution in [1.29, 1.82) is 0 Å². The second kappa shape index (κ2) is 7.22. The minimum Gasteiger partial charge on any atom is -0.497 e. The Kier molecular flexibility index (Phi) is 5.17. The van der Waals surface area contributed by atoms with Crippen molar-refractivity contribution in [3.05, 3.63) is 52.0 Å². The Bertz CT molecular complexity index is 1020. The minimum atomic E-state index is -3.63. The van der Waals surface area contributed by atoms with Crippen LogP contribution in [0, 0.1) is 20.8 Å². The third-order valence-electron chi connectivity index (χ3n) is 4.17. The van der Waals surface area contributed by atoms with Gasteiger partial charge in [0.1, 0.15) is 5.75 Å². The molecule has 0 spiro atoms. The molecule has 0 bridgehead atoms. The largest absolute Gasteiger partial charge is 0.497 e. The van der Waals surface area contributed by atoms with Crippen molar-refractivity contribution in [2.45, 2.75) is 32.2 Å². The summed E-state index contributed by atoms with van der Waals surface area (Å²) in [5, 5.41) is 3.94. The number of thiophene rings is 1. The molecule has 2 heterocycles. The molecule has 0 amide bonds. The fourth-order valence-corrected chi connectivity index (χ4v) is 5.13. The number of nitrogens with zero attached hydrogens (tertiary/aromatic N) is 1. The van der Waals surface area contributed by atoms with Crippen molar-refractivity contribution in [3.8, 4) is 16.4 Å². The van der Waals surface area contributed by atoms with Crippen molar-refractivity contribution in [1.82, 2.24) is 9.88 Å². The maximum absolute atomic E-state index is 12.7. The van der Waals surface area contributed by atoms with Gasteiger partial charge >= 0.3 is 0 Å². The fraction of sp³-hybridized carbons (Fsp3) is 0.278. The van der Waals surface area contributed by atoms with E-state index >= 15 is 0 Å². The first-order valence-corrected chi connectivity index (χ1v) is 10.3. The summed E-state index contributed by atoms with van der Waals surface area (Å²) < 4.78 is 38.5. The standard InChI is InChI=1S/C18H20N2O4S2/c1-11-12(2)20-24-18(11)16-9-17(13(3)25-16)26(21,22)19-10-14-5-7-15(23-4)8-6-14/h5-9,19H,10H2,1-4H3. The number of rotatable bonds is 6. The third kappa shape index (κ3) is 3.67. The van der Waals surface area contributed by atoms with Crippen LogP contribution in [0.15, 0.2) is 39.8 Å². The topological polar surface area (TPSA) is 81.4 Å². The van der Waals surface area contributed by atoms with Crippen LogP contribution in [-0.2, 0) is 16.6 Å². The predicted octanol–water partition coefficient (Wildman–Crippen LogP) is 3.82. The fourth-order valence-electron chi connectivity index (χ4n) is 2.49. The zero-order valence-corrected chi connectivity index (χ0v) is 16.6. The summed E-state index contributed by atoms with van der Waals surface area (Å²) >= 11 is 1.38. The summed E-state index contributed by atoms with van der Waals surface area (Å²) in [4.78, 5) is 1.72. The highest BCUT2D eigenvalue weighted by Gasteiger charge is 2.23. The van der Waals surface area contributed by atoms with Gasteiger partial charge in [0, 0.05) is 17.0 Å². The lowest BCUT2D eigenvalue weighted by Gasteiger charge is -2.07. The molecule has 0 aliphatic carbocycles. The quantitative estimate of drug-likeness (QED) is 0.690. The number of hydrogen-bond acceptors (Lipinski definition) is 6. The molecule has 0 aliphatic heterocycles. The average Bonchev–Trinajstić information content (AvgIpc) is 3.17. The number of hydrogen-bond donors (Lipinski definition) is 1. The van der Waals surface area contributed by atoms with Crippen molar-refractivity contribution in [2.24, 2.45) is 0 Å². The third-order valence-corrected chi connectivity index (χ3v) is 6.87. The van der Waals surface area contributed by atoms with E-state index in [1.54, 1.807) is 32.2 Å². The van der Waals surface area contributed by atoms with Gasteiger partial charge in [-0.25, -0.2) is 13.1 Å². The van der Waals surface area contributed by atoms with Crippen LogP contribution < -0.4 is 9.46 Å². The van der Waals surface area contributed by atoms with Crippen LogP contribution in [0.2, 0.25) is 0 Å². The number of benzene rings is 1. The molecule has 138 valence electrons. The molecule has 0 saturated carbocycles. The zero-order valence-electron chi connectivity index (χ0n) is 15.0. The van der Waals surface area contributed by atoms with E-state index in [0.717, 1.165) is 27.4 Å². The summed E-state index contributed by atoms with van der Waals surface area (Å²) in [6.07, 6.45) is 0. The molecule has 0 unspecified atom stereocenters. The normalized spacial score (nSPS) is 11.7. The molecule has 0 saturated heterocycles. The first-order chi connectivity index (χ1) is 12.3. The second-order valence-corrected chi connectivity index (χ2v) is 8.92. The van der Waals surface area contributed by atoms with Crippen LogP contribution in [0.4, 0.5) is 0 Å². The van der Waals surface area contributed by atoms with Gasteiger partial charge in [0.25, 0.3) is 0 Å². The van der Waals surface area contributed by atoms with Crippen molar-refractivity contribution in [2.75, 3.05) is 7.11 Å². The van der Waals surface area contributed by atoms with Crippen LogP contribution in [0.5, 0.6) is 5.75 Å². The summed E-state index contributed by atoms with van der Waals surface area (Å²) in [6, 6.07) is 8.89. The van der Waals surface area contributed by atoms with Crippen molar-refractivity contribution >= 4 is 21.4 Å². The van der Waals surface area contributed by atoms with Gasteiger partial charge in [-0.3, -0.25) is 0 Å². The molecule has 0 aliphatic rings. The molecular formula is C18H20N2O4S2. The monoisotopic (exact) mass is 392 g/mol. The van der Waals surface area contributed by atoms with Crippen LogP contribution in [0.1, 0.15) is 21.7 Å². The smallest absolute Gasteiger partial charge is 0.241 e. The van der Waals surface area contributed by atoms with Gasteiger partial charge in [-0.15, -0.1) is 11.3 Å². The Labute approximate surface area is 156 Å². The lowest BCUT2D eigenvalue weighted by Crippen LogP contribution is -2.23. The van der Waals surface area contributed by atoms with Crippen molar-refractivity contribution in [3.63, 3.8) is 0 Å². The van der Waals surface area contributed by atoms with Gasteiger partial charge in [0.2, 0.25) is 10.0 Å². The van der Waals surface area contributed by atoms with Gasteiger partial charge in [-0.1, -0.05) is 17.3 Å². The van der Waals surface area contributed by atoms with Gasteiger partial charge in [-0.05, 0) is 44.5 Å². The Balaban J connectivity index is 1.81.